The van der Waals surface area contributed by atoms with E-state index in [1.54, 1.807) is 12.1 Å². The van der Waals surface area contributed by atoms with E-state index >= 15 is 0 Å². The molecule has 0 saturated carbocycles. The number of anilines is 2. The van der Waals surface area contributed by atoms with Gasteiger partial charge < -0.3 is 15.8 Å². The summed E-state index contributed by atoms with van der Waals surface area (Å²) in [5.74, 6) is 0. The lowest BCUT2D eigenvalue weighted by atomic mass is 10.3. The van der Waals surface area contributed by atoms with Crippen LogP contribution in [0.15, 0.2) is 24.3 Å². The Morgan fingerprint density at radius 3 is 3.00 bits per heavy atom. The molecule has 2 bridgehead atoms. The van der Waals surface area contributed by atoms with Gasteiger partial charge in [-0.2, -0.15) is 0 Å². The fourth-order valence-electron chi connectivity index (χ4n) is 0.884. The maximum absolute atomic E-state index is 10.7. The molecule has 3 nitrogen and oxygen atoms in total. The molecule has 1 heterocycles. The summed E-state index contributed by atoms with van der Waals surface area (Å²) in [7, 11) is 0. The second-order valence-corrected chi connectivity index (χ2v) is 1.96. The Balaban J connectivity index is 2.56. The van der Waals surface area contributed by atoms with Crippen molar-refractivity contribution in [2.75, 3.05) is 10.6 Å². The number of nitrogens with zero attached hydrogens (tertiary/aromatic N) is 1. The Morgan fingerprint density at radius 2 is 2.33 bits per heavy atom. The van der Waals surface area contributed by atoms with Crippen molar-refractivity contribution in [3.05, 3.63) is 29.5 Å². The van der Waals surface area contributed by atoms with Crippen molar-refractivity contribution < 1.29 is 0 Å². The van der Waals surface area contributed by atoms with Crippen LogP contribution in [0, 0.1) is 5.21 Å². The van der Waals surface area contributed by atoms with E-state index in [0.29, 0.717) is 5.69 Å². The van der Waals surface area contributed by atoms with Crippen molar-refractivity contribution >= 4 is 11.4 Å². The van der Waals surface area contributed by atoms with Gasteiger partial charge in [0.1, 0.15) is 0 Å². The minimum absolute atomic E-state index is 0.674. The average molecular weight is 121 g/mol. The zero-order chi connectivity index (χ0) is 6.27. The van der Waals surface area contributed by atoms with Crippen LogP contribution < -0.4 is 10.6 Å². The van der Waals surface area contributed by atoms with E-state index in [0.717, 1.165) is 10.9 Å². The van der Waals surface area contributed by atoms with Gasteiger partial charge in [0.05, 0.1) is 5.69 Å². The molecule has 0 saturated heterocycles. The maximum atomic E-state index is 10.7. The summed E-state index contributed by atoms with van der Waals surface area (Å²) in [5.41, 5.74) is 4.14. The summed E-state index contributed by atoms with van der Waals surface area (Å²) < 4.78 is 0. The number of hydrogen-bond donors (Lipinski definition) is 1. The first-order valence-electron chi connectivity index (χ1n) is 2.70. The minimum Gasteiger partial charge on any atom is -0.739 e. The Kier molecular flexibility index (Phi) is 0.715. The smallest absolute Gasteiger partial charge is 0.0554 e. The van der Waals surface area contributed by atoms with Crippen LogP contribution in [0.2, 0.25) is 0 Å². The number of fused-ring (bicyclic) bond motifs is 2. The summed E-state index contributed by atoms with van der Waals surface area (Å²) in [5, 5.41) is 11.4. The third-order valence-corrected chi connectivity index (χ3v) is 1.31. The molecule has 0 spiro atoms. The zero-order valence-corrected chi connectivity index (χ0v) is 4.66. The van der Waals surface area contributed by atoms with Crippen LogP contribution in [-0.2, 0) is 0 Å². The highest BCUT2D eigenvalue weighted by atomic mass is 16.5. The SMILES string of the molecule is [O-]N1Nc2cccc1c2. The van der Waals surface area contributed by atoms with Crippen molar-refractivity contribution in [3.63, 3.8) is 0 Å². The third kappa shape index (κ3) is 0.550. The fraction of sp³-hybridized carbons (Fsp3) is 0. The monoisotopic (exact) mass is 121 g/mol. The van der Waals surface area contributed by atoms with Crippen LogP contribution in [0.1, 0.15) is 0 Å². The van der Waals surface area contributed by atoms with E-state index in [2.05, 4.69) is 5.43 Å². The summed E-state index contributed by atoms with van der Waals surface area (Å²) in [4.78, 5) is 0. The van der Waals surface area contributed by atoms with Crippen molar-refractivity contribution in [1.82, 2.24) is 0 Å². The molecule has 1 aromatic rings. The number of hydrazine groups is 1. The molecule has 0 aliphatic carbocycles. The van der Waals surface area contributed by atoms with Crippen LogP contribution in [-0.4, -0.2) is 0 Å². The van der Waals surface area contributed by atoms with Gasteiger partial charge in [-0.05, 0) is 18.2 Å². The highest BCUT2D eigenvalue weighted by Gasteiger charge is 2.03. The topological polar surface area (TPSA) is 38.3 Å². The number of nitrogens with one attached hydrogen (secondary N) is 1. The van der Waals surface area contributed by atoms with Gasteiger partial charge in [-0.15, -0.1) is 0 Å². The van der Waals surface area contributed by atoms with E-state index in [4.69, 9.17) is 0 Å². The molecule has 0 fully saturated rings. The van der Waals surface area contributed by atoms with Crippen molar-refractivity contribution in [1.29, 1.82) is 0 Å². The average Bonchev–Trinajstić information content (AvgIpc) is 2.09. The molecule has 0 atom stereocenters. The third-order valence-electron chi connectivity index (χ3n) is 1.31. The lowest BCUT2D eigenvalue weighted by molar-refractivity contribution is 1.23. The van der Waals surface area contributed by atoms with Gasteiger partial charge in [0.25, 0.3) is 0 Å². The van der Waals surface area contributed by atoms with Gasteiger partial charge in [0, 0.05) is 5.69 Å². The molecule has 2 rings (SSSR count). The highest BCUT2D eigenvalue weighted by Crippen LogP contribution is 2.25. The molecular formula is C6H5N2O-. The molecule has 0 amide bonds. The fourth-order valence-corrected chi connectivity index (χ4v) is 0.884. The largest absolute Gasteiger partial charge is 0.739 e. The Labute approximate surface area is 52.5 Å². The molecule has 0 radical (unpaired) electrons. The van der Waals surface area contributed by atoms with Crippen LogP contribution in [0.25, 0.3) is 0 Å². The van der Waals surface area contributed by atoms with Gasteiger partial charge in [-0.1, -0.05) is 6.07 Å². The Bertz CT molecular complexity index is 236. The molecule has 9 heavy (non-hydrogen) atoms. The second kappa shape index (κ2) is 1.39. The maximum Gasteiger partial charge on any atom is 0.0554 e. The summed E-state index contributed by atoms with van der Waals surface area (Å²) >= 11 is 0. The summed E-state index contributed by atoms with van der Waals surface area (Å²) in [6, 6.07) is 7.25. The normalized spacial score (nSPS) is 13.7. The van der Waals surface area contributed by atoms with Gasteiger partial charge >= 0.3 is 0 Å². The predicted octanol–water partition coefficient (Wildman–Crippen LogP) is 1.33. The molecule has 1 aromatic carbocycles. The van der Waals surface area contributed by atoms with Crippen molar-refractivity contribution in [2.45, 2.75) is 0 Å². The first-order chi connectivity index (χ1) is 4.36. The second-order valence-electron chi connectivity index (χ2n) is 1.96. The minimum atomic E-state index is 0.674. The van der Waals surface area contributed by atoms with Gasteiger partial charge in [0.15, 0.2) is 0 Å². The molecule has 1 aliphatic heterocycles. The van der Waals surface area contributed by atoms with Crippen LogP contribution in [0.3, 0.4) is 0 Å². The Hall–Kier alpha value is -1.22. The standard InChI is InChI=1S/C6H5N2O/c9-8-6-3-1-2-5(4-6)7-8/h1-4,7H/q-1. The van der Waals surface area contributed by atoms with E-state index in [1.165, 1.54) is 0 Å². The first-order valence-corrected chi connectivity index (χ1v) is 2.70. The highest BCUT2D eigenvalue weighted by molar-refractivity contribution is 5.68. The molecule has 1 N–H and O–H groups in total. The van der Waals surface area contributed by atoms with Gasteiger partial charge in [-0.3, -0.25) is 0 Å². The van der Waals surface area contributed by atoms with Crippen molar-refractivity contribution in [3.8, 4) is 0 Å². The molecule has 3 heteroatoms. The van der Waals surface area contributed by atoms with Crippen LogP contribution in [0.5, 0.6) is 0 Å². The quantitative estimate of drug-likeness (QED) is 0.562. The van der Waals surface area contributed by atoms with E-state index in [-0.39, 0.29) is 0 Å². The van der Waals surface area contributed by atoms with Gasteiger partial charge in [-0.25, -0.2) is 0 Å². The number of benzene rings is 1. The molecule has 0 aromatic heterocycles. The number of hydrogen-bond acceptors (Lipinski definition) is 3. The van der Waals surface area contributed by atoms with Crippen LogP contribution >= 0.6 is 0 Å². The van der Waals surface area contributed by atoms with Gasteiger partial charge in [0.2, 0.25) is 0 Å². The van der Waals surface area contributed by atoms with E-state index in [1.807, 2.05) is 12.1 Å². The first kappa shape index (κ1) is 4.64. The number of rotatable bonds is 0. The van der Waals surface area contributed by atoms with E-state index in [9.17, 15) is 5.21 Å². The molecular weight excluding hydrogens is 116 g/mol. The molecule has 46 valence electrons. The molecule has 1 aliphatic rings. The summed E-state index contributed by atoms with van der Waals surface area (Å²) in [6.45, 7) is 0. The predicted molar refractivity (Wildman–Crippen MR) is 35.9 cm³/mol. The molecule has 0 unspecified atom stereocenters. The lowest BCUT2D eigenvalue weighted by Crippen LogP contribution is -2.16. The van der Waals surface area contributed by atoms with Crippen LogP contribution in [0.4, 0.5) is 11.4 Å². The Morgan fingerprint density at radius 1 is 1.44 bits per heavy atom. The van der Waals surface area contributed by atoms with E-state index < -0.39 is 0 Å². The van der Waals surface area contributed by atoms with Crippen molar-refractivity contribution in [2.24, 2.45) is 0 Å². The summed E-state index contributed by atoms with van der Waals surface area (Å²) in [6.07, 6.45) is 0. The lowest BCUT2D eigenvalue weighted by Gasteiger charge is -2.24. The zero-order valence-electron chi connectivity index (χ0n) is 4.66.